The summed E-state index contributed by atoms with van der Waals surface area (Å²) < 4.78 is 29.5. The second kappa shape index (κ2) is 8.11. The molecule has 0 atom stereocenters. The van der Waals surface area contributed by atoms with Gasteiger partial charge in [-0.1, -0.05) is 6.92 Å². The summed E-state index contributed by atoms with van der Waals surface area (Å²) >= 11 is 0. The molecule has 0 aliphatic carbocycles. The number of hydrogen-bond donors (Lipinski definition) is 0. The van der Waals surface area contributed by atoms with E-state index in [0.717, 1.165) is 4.31 Å². The summed E-state index contributed by atoms with van der Waals surface area (Å²) in [6, 6.07) is 0. The molecule has 0 N–H and O–H groups in total. The fourth-order valence-corrected chi connectivity index (χ4v) is 2.80. The van der Waals surface area contributed by atoms with Crippen molar-refractivity contribution in [1.29, 1.82) is 0 Å². The minimum atomic E-state index is -3.53. The lowest BCUT2D eigenvalue weighted by Gasteiger charge is -2.21. The van der Waals surface area contributed by atoms with Gasteiger partial charge in [0.05, 0.1) is 19.4 Å². The van der Waals surface area contributed by atoms with E-state index in [2.05, 4.69) is 4.74 Å². The Morgan fingerprint density at radius 3 is 2.21 bits per heavy atom. The summed E-state index contributed by atoms with van der Waals surface area (Å²) in [7, 11) is 0.867. The Kier molecular flexibility index (Phi) is 7.62. The lowest BCUT2D eigenvalue weighted by Crippen LogP contribution is -2.41. The normalized spacial score (nSPS) is 11.4. The molecular formula is C11H22N2O5S. The molecule has 7 nitrogen and oxygen atoms in total. The number of carbonyl (C=O) groups is 2. The molecule has 0 aromatic heterocycles. The SMILES string of the molecule is CCN(CC(=O)N(C)C)S(=O)(=O)CCCC(=O)OC. The van der Waals surface area contributed by atoms with Gasteiger partial charge in [-0.3, -0.25) is 9.59 Å². The fourth-order valence-electron chi connectivity index (χ4n) is 1.33. The molecule has 0 radical (unpaired) electrons. The molecule has 0 saturated carbocycles. The molecule has 1 amide bonds. The zero-order chi connectivity index (χ0) is 15.1. The first-order chi connectivity index (χ1) is 8.74. The number of nitrogens with zero attached hydrogens (tertiary/aromatic N) is 2. The summed E-state index contributed by atoms with van der Waals surface area (Å²) in [5.74, 6) is -0.891. The van der Waals surface area contributed by atoms with Crippen LogP contribution in [0.3, 0.4) is 0 Å². The highest BCUT2D eigenvalue weighted by Crippen LogP contribution is 2.06. The molecule has 0 aliphatic heterocycles. The van der Waals surface area contributed by atoms with Gasteiger partial charge in [0, 0.05) is 27.1 Å². The molecule has 112 valence electrons. The summed E-state index contributed by atoms with van der Waals surface area (Å²) in [6.45, 7) is 1.71. The molecule has 19 heavy (non-hydrogen) atoms. The number of rotatable bonds is 8. The van der Waals surface area contributed by atoms with Crippen LogP contribution >= 0.6 is 0 Å². The van der Waals surface area contributed by atoms with Crippen molar-refractivity contribution in [1.82, 2.24) is 9.21 Å². The molecule has 0 bridgehead atoms. The lowest BCUT2D eigenvalue weighted by molar-refractivity contribution is -0.140. The second-order valence-electron chi connectivity index (χ2n) is 4.21. The van der Waals surface area contributed by atoms with Gasteiger partial charge in [-0.25, -0.2) is 8.42 Å². The van der Waals surface area contributed by atoms with E-state index in [9.17, 15) is 18.0 Å². The Morgan fingerprint density at radius 1 is 1.21 bits per heavy atom. The van der Waals surface area contributed by atoms with Crippen LogP contribution in [0, 0.1) is 0 Å². The van der Waals surface area contributed by atoms with Crippen LogP contribution in [0.1, 0.15) is 19.8 Å². The molecule has 0 aromatic carbocycles. The number of ether oxygens (including phenoxy) is 1. The Hall–Kier alpha value is -1.15. The zero-order valence-electron chi connectivity index (χ0n) is 11.9. The van der Waals surface area contributed by atoms with Crippen LogP contribution in [0.25, 0.3) is 0 Å². The quantitative estimate of drug-likeness (QED) is 0.573. The number of methoxy groups -OCH3 is 1. The van der Waals surface area contributed by atoms with E-state index in [0.29, 0.717) is 0 Å². The van der Waals surface area contributed by atoms with Crippen LogP contribution in [0.4, 0.5) is 0 Å². The first-order valence-electron chi connectivity index (χ1n) is 5.99. The van der Waals surface area contributed by atoms with Gasteiger partial charge in [-0.2, -0.15) is 4.31 Å². The van der Waals surface area contributed by atoms with Crippen molar-refractivity contribution in [2.24, 2.45) is 0 Å². The molecule has 0 aromatic rings. The van der Waals surface area contributed by atoms with E-state index in [1.807, 2.05) is 0 Å². The monoisotopic (exact) mass is 294 g/mol. The molecule has 8 heteroatoms. The van der Waals surface area contributed by atoms with Gasteiger partial charge in [0.2, 0.25) is 15.9 Å². The summed E-state index contributed by atoms with van der Waals surface area (Å²) in [6.07, 6.45) is 0.233. The van der Waals surface area contributed by atoms with Gasteiger partial charge in [-0.15, -0.1) is 0 Å². The molecule has 0 fully saturated rings. The van der Waals surface area contributed by atoms with E-state index < -0.39 is 16.0 Å². The van der Waals surface area contributed by atoms with Crippen molar-refractivity contribution in [2.75, 3.05) is 40.0 Å². The van der Waals surface area contributed by atoms with Crippen LogP contribution in [0.2, 0.25) is 0 Å². The third kappa shape index (κ3) is 6.53. The number of hydrogen-bond acceptors (Lipinski definition) is 5. The Morgan fingerprint density at radius 2 is 1.79 bits per heavy atom. The minimum Gasteiger partial charge on any atom is -0.469 e. The molecule has 0 rings (SSSR count). The third-order valence-electron chi connectivity index (χ3n) is 2.57. The number of sulfonamides is 1. The maximum absolute atomic E-state index is 12.0. The third-order valence-corrected chi connectivity index (χ3v) is 4.55. The smallest absolute Gasteiger partial charge is 0.305 e. The topological polar surface area (TPSA) is 84.0 Å². The molecule has 0 heterocycles. The van der Waals surface area contributed by atoms with Crippen LogP contribution in [-0.2, 0) is 24.3 Å². The van der Waals surface area contributed by atoms with Gasteiger partial charge in [0.1, 0.15) is 0 Å². The first-order valence-corrected chi connectivity index (χ1v) is 7.60. The van der Waals surface area contributed by atoms with Gasteiger partial charge in [0.15, 0.2) is 0 Å². The van der Waals surface area contributed by atoms with Gasteiger partial charge in [0.25, 0.3) is 0 Å². The standard InChI is InChI=1S/C11H22N2O5S/c1-5-13(9-10(14)12(2)3)19(16,17)8-6-7-11(15)18-4/h5-9H2,1-4H3. The van der Waals surface area contributed by atoms with Crippen molar-refractivity contribution in [2.45, 2.75) is 19.8 Å². The number of esters is 1. The van der Waals surface area contributed by atoms with Crippen molar-refractivity contribution in [3.63, 3.8) is 0 Å². The predicted molar refractivity (Wildman–Crippen MR) is 71.0 cm³/mol. The molecule has 0 unspecified atom stereocenters. The van der Waals surface area contributed by atoms with E-state index in [4.69, 9.17) is 0 Å². The van der Waals surface area contributed by atoms with Crippen LogP contribution in [0.15, 0.2) is 0 Å². The summed E-state index contributed by atoms with van der Waals surface area (Å²) in [5, 5.41) is 0. The maximum atomic E-state index is 12.0. The average molecular weight is 294 g/mol. The summed E-state index contributed by atoms with van der Waals surface area (Å²) in [4.78, 5) is 23.8. The lowest BCUT2D eigenvalue weighted by atomic mass is 10.3. The Labute approximate surface area is 114 Å². The van der Waals surface area contributed by atoms with Gasteiger partial charge < -0.3 is 9.64 Å². The first kappa shape index (κ1) is 17.8. The van der Waals surface area contributed by atoms with Crippen LogP contribution in [-0.4, -0.2) is 69.5 Å². The van der Waals surface area contributed by atoms with Crippen LogP contribution in [0.5, 0.6) is 0 Å². The Bertz CT molecular complexity index is 405. The average Bonchev–Trinajstić information content (AvgIpc) is 2.34. The van der Waals surface area contributed by atoms with Crippen molar-refractivity contribution >= 4 is 21.9 Å². The van der Waals surface area contributed by atoms with Crippen molar-refractivity contribution in [3.05, 3.63) is 0 Å². The van der Waals surface area contributed by atoms with E-state index in [-0.39, 0.29) is 37.6 Å². The number of likely N-dealkylation sites (N-methyl/N-ethyl adjacent to an activating group) is 2. The largest absolute Gasteiger partial charge is 0.469 e. The number of amides is 1. The highest BCUT2D eigenvalue weighted by atomic mass is 32.2. The summed E-state index contributed by atoms with van der Waals surface area (Å²) in [5.41, 5.74) is 0. The molecule has 0 aliphatic rings. The van der Waals surface area contributed by atoms with Crippen molar-refractivity contribution < 1.29 is 22.7 Å². The highest BCUT2D eigenvalue weighted by molar-refractivity contribution is 7.89. The molecule has 0 saturated heterocycles. The minimum absolute atomic E-state index is 0.0505. The molecule has 0 spiro atoms. The van der Waals surface area contributed by atoms with Crippen molar-refractivity contribution in [3.8, 4) is 0 Å². The van der Waals surface area contributed by atoms with Gasteiger partial charge in [-0.05, 0) is 6.42 Å². The maximum Gasteiger partial charge on any atom is 0.305 e. The highest BCUT2D eigenvalue weighted by Gasteiger charge is 2.23. The number of carbonyl (C=O) groups excluding carboxylic acids is 2. The van der Waals surface area contributed by atoms with Crippen LogP contribution < -0.4 is 0 Å². The molecular weight excluding hydrogens is 272 g/mol. The van der Waals surface area contributed by atoms with Gasteiger partial charge >= 0.3 is 5.97 Å². The second-order valence-corrected chi connectivity index (χ2v) is 6.30. The zero-order valence-corrected chi connectivity index (χ0v) is 12.7. The fraction of sp³-hybridized carbons (Fsp3) is 0.818. The van der Waals surface area contributed by atoms with E-state index in [1.54, 1.807) is 21.0 Å². The van der Waals surface area contributed by atoms with E-state index >= 15 is 0 Å². The van der Waals surface area contributed by atoms with E-state index in [1.165, 1.54) is 12.0 Å². The Balaban J connectivity index is 4.49. The predicted octanol–water partition coefficient (Wildman–Crippen LogP) is -0.320.